The molecule has 7 nitrogen and oxygen atoms in total. The number of benzene rings is 1. The molecule has 0 radical (unpaired) electrons. The van der Waals surface area contributed by atoms with Gasteiger partial charge in [0.2, 0.25) is 0 Å². The van der Waals surface area contributed by atoms with Crippen molar-refractivity contribution in [3.63, 3.8) is 0 Å². The molecule has 0 spiro atoms. The first-order valence-electron chi connectivity index (χ1n) is 9.38. The largest absolute Gasteiger partial charge is 0.451 e. The first kappa shape index (κ1) is 19.1. The second-order valence-corrected chi connectivity index (χ2v) is 7.25. The van der Waals surface area contributed by atoms with Gasteiger partial charge in [0.1, 0.15) is 0 Å². The second kappa shape index (κ2) is 8.33. The summed E-state index contributed by atoms with van der Waals surface area (Å²) in [6.07, 6.45) is 4.26. The number of para-hydroxylation sites is 1. The number of aromatic nitrogens is 3. The van der Waals surface area contributed by atoms with Gasteiger partial charge >= 0.3 is 5.97 Å². The van der Waals surface area contributed by atoms with Gasteiger partial charge < -0.3 is 9.64 Å². The van der Waals surface area contributed by atoms with Crippen LogP contribution in [0.5, 0.6) is 0 Å². The fourth-order valence-corrected chi connectivity index (χ4v) is 3.38. The number of esters is 1. The molecule has 0 N–H and O–H groups in total. The number of carbonyl (C=O) groups excluding carboxylic acids is 2. The maximum absolute atomic E-state index is 12.4. The smallest absolute Gasteiger partial charge is 0.361 e. The van der Waals surface area contributed by atoms with Crippen LogP contribution in [0.15, 0.2) is 30.3 Å². The number of carbonyl (C=O) groups is 2. The van der Waals surface area contributed by atoms with E-state index in [0.717, 1.165) is 37.3 Å². The Morgan fingerprint density at radius 2 is 1.81 bits per heavy atom. The first-order valence-corrected chi connectivity index (χ1v) is 9.38. The summed E-state index contributed by atoms with van der Waals surface area (Å²) in [6.45, 7) is 3.66. The molecule has 1 aromatic heterocycles. The predicted molar refractivity (Wildman–Crippen MR) is 101 cm³/mol. The molecule has 0 unspecified atom stereocenters. The van der Waals surface area contributed by atoms with Crippen LogP contribution in [-0.4, -0.2) is 51.5 Å². The Hall–Kier alpha value is -2.70. The fraction of sp³-hybridized carbons (Fsp3) is 0.500. The van der Waals surface area contributed by atoms with Gasteiger partial charge in [-0.1, -0.05) is 25.1 Å². The highest BCUT2D eigenvalue weighted by Crippen LogP contribution is 2.26. The molecule has 7 heteroatoms. The summed E-state index contributed by atoms with van der Waals surface area (Å²) in [4.78, 5) is 27.8. The first-order chi connectivity index (χ1) is 13.0. The van der Waals surface area contributed by atoms with Crippen LogP contribution in [0.3, 0.4) is 0 Å². The van der Waals surface area contributed by atoms with Crippen molar-refractivity contribution in [3.8, 4) is 5.69 Å². The summed E-state index contributed by atoms with van der Waals surface area (Å²) < 4.78 is 5.21. The average Bonchev–Trinajstić information content (AvgIpc) is 3.08. The Labute approximate surface area is 159 Å². The minimum atomic E-state index is -0.631. The zero-order valence-corrected chi connectivity index (χ0v) is 16.1. The summed E-state index contributed by atoms with van der Waals surface area (Å²) in [7, 11) is 1.79. The van der Waals surface area contributed by atoms with Gasteiger partial charge in [0.05, 0.1) is 11.4 Å². The molecule has 1 amide bonds. The number of nitrogens with zero attached hydrogens (tertiary/aromatic N) is 4. The van der Waals surface area contributed by atoms with Crippen LogP contribution in [0.25, 0.3) is 5.69 Å². The highest BCUT2D eigenvalue weighted by Gasteiger charge is 2.26. The fourth-order valence-electron chi connectivity index (χ4n) is 3.38. The normalized spacial score (nSPS) is 19.5. The van der Waals surface area contributed by atoms with Gasteiger partial charge in [0.15, 0.2) is 12.3 Å². The summed E-state index contributed by atoms with van der Waals surface area (Å²) in [5.41, 5.74) is 1.34. The average molecular weight is 370 g/mol. The predicted octanol–water partition coefficient (Wildman–Crippen LogP) is 2.77. The van der Waals surface area contributed by atoms with E-state index < -0.39 is 5.97 Å². The quantitative estimate of drug-likeness (QED) is 0.757. The van der Waals surface area contributed by atoms with Crippen LogP contribution in [-0.2, 0) is 9.53 Å². The number of amides is 1. The Balaban J connectivity index is 1.58. The lowest BCUT2D eigenvalue weighted by Gasteiger charge is -2.33. The zero-order valence-electron chi connectivity index (χ0n) is 16.1. The third-order valence-electron chi connectivity index (χ3n) is 5.22. The minimum Gasteiger partial charge on any atom is -0.451 e. The van der Waals surface area contributed by atoms with Crippen LogP contribution in [0.2, 0.25) is 0 Å². The van der Waals surface area contributed by atoms with Crippen LogP contribution in [0, 0.1) is 12.8 Å². The van der Waals surface area contributed by atoms with E-state index in [1.165, 1.54) is 4.80 Å². The highest BCUT2D eigenvalue weighted by atomic mass is 16.5. The van der Waals surface area contributed by atoms with E-state index in [1.54, 1.807) is 18.9 Å². The van der Waals surface area contributed by atoms with Crippen LogP contribution in [0.1, 0.15) is 48.8 Å². The van der Waals surface area contributed by atoms with Gasteiger partial charge in [-0.15, -0.1) is 5.10 Å². The summed E-state index contributed by atoms with van der Waals surface area (Å²) >= 11 is 0. The van der Waals surface area contributed by atoms with E-state index >= 15 is 0 Å². The molecule has 1 fully saturated rings. The van der Waals surface area contributed by atoms with E-state index in [9.17, 15) is 9.59 Å². The lowest BCUT2D eigenvalue weighted by atomic mass is 9.87. The van der Waals surface area contributed by atoms with Crippen molar-refractivity contribution >= 4 is 11.9 Å². The molecule has 1 aliphatic carbocycles. The van der Waals surface area contributed by atoms with Crippen LogP contribution < -0.4 is 0 Å². The third-order valence-corrected chi connectivity index (χ3v) is 5.22. The number of hydrogen-bond donors (Lipinski definition) is 0. The van der Waals surface area contributed by atoms with E-state index in [1.807, 2.05) is 30.3 Å². The SMILES string of the molecule is Cc1nn(-c2ccccc2)nc1C(=O)OCC(=O)N(C)C1CCC(C)CC1. The Morgan fingerprint density at radius 3 is 2.48 bits per heavy atom. The third kappa shape index (κ3) is 4.53. The highest BCUT2D eigenvalue weighted by molar-refractivity contribution is 5.90. The van der Waals surface area contributed by atoms with E-state index in [0.29, 0.717) is 5.69 Å². The monoisotopic (exact) mass is 370 g/mol. The van der Waals surface area contributed by atoms with Crippen molar-refractivity contribution in [1.29, 1.82) is 0 Å². The maximum atomic E-state index is 12.4. The van der Waals surface area contributed by atoms with E-state index in [2.05, 4.69) is 17.1 Å². The van der Waals surface area contributed by atoms with E-state index in [4.69, 9.17) is 4.74 Å². The van der Waals surface area contributed by atoms with Gasteiger partial charge in [0.25, 0.3) is 5.91 Å². The molecule has 3 rings (SSSR count). The Morgan fingerprint density at radius 1 is 1.15 bits per heavy atom. The number of ether oxygens (including phenoxy) is 1. The van der Waals surface area contributed by atoms with Crippen molar-refractivity contribution in [2.45, 2.75) is 45.6 Å². The Bertz CT molecular complexity index is 795. The van der Waals surface area contributed by atoms with Crippen molar-refractivity contribution in [2.75, 3.05) is 13.7 Å². The molecule has 1 heterocycles. The van der Waals surface area contributed by atoms with Crippen molar-refractivity contribution in [1.82, 2.24) is 19.9 Å². The molecule has 0 bridgehead atoms. The number of rotatable bonds is 5. The summed E-state index contributed by atoms with van der Waals surface area (Å²) in [5, 5.41) is 8.46. The molecule has 1 aliphatic rings. The molecule has 144 valence electrons. The molecule has 0 aliphatic heterocycles. The lowest BCUT2D eigenvalue weighted by Crippen LogP contribution is -2.41. The van der Waals surface area contributed by atoms with Gasteiger partial charge in [-0.25, -0.2) is 4.79 Å². The summed E-state index contributed by atoms with van der Waals surface area (Å²) in [6, 6.07) is 9.55. The Kier molecular flexibility index (Phi) is 5.88. The molecule has 27 heavy (non-hydrogen) atoms. The second-order valence-electron chi connectivity index (χ2n) is 7.25. The minimum absolute atomic E-state index is 0.126. The summed E-state index contributed by atoms with van der Waals surface area (Å²) in [5.74, 6) is -0.0949. The molecule has 0 atom stereocenters. The van der Waals surface area contributed by atoms with Gasteiger partial charge in [0, 0.05) is 13.1 Å². The van der Waals surface area contributed by atoms with Crippen LogP contribution >= 0.6 is 0 Å². The molecular formula is C20H26N4O3. The van der Waals surface area contributed by atoms with E-state index in [-0.39, 0.29) is 24.2 Å². The molecule has 0 saturated heterocycles. The number of hydrogen-bond acceptors (Lipinski definition) is 5. The van der Waals surface area contributed by atoms with Crippen LogP contribution in [0.4, 0.5) is 0 Å². The number of aryl methyl sites for hydroxylation is 1. The van der Waals surface area contributed by atoms with Gasteiger partial charge in [-0.2, -0.15) is 9.90 Å². The van der Waals surface area contributed by atoms with Gasteiger partial charge in [-0.3, -0.25) is 4.79 Å². The standard InChI is InChI=1S/C20H26N4O3/c1-14-9-11-16(12-10-14)23(3)18(25)13-27-20(26)19-15(2)21-24(22-19)17-7-5-4-6-8-17/h4-8,14,16H,9-13H2,1-3H3. The van der Waals surface area contributed by atoms with Crippen molar-refractivity contribution in [2.24, 2.45) is 5.92 Å². The molecule has 1 aromatic carbocycles. The molecule has 2 aromatic rings. The lowest BCUT2D eigenvalue weighted by molar-refractivity contribution is -0.136. The van der Waals surface area contributed by atoms with Crippen molar-refractivity contribution in [3.05, 3.63) is 41.7 Å². The molecular weight excluding hydrogens is 344 g/mol. The number of likely N-dealkylation sites (N-methyl/N-ethyl adjacent to an activating group) is 1. The zero-order chi connectivity index (χ0) is 19.4. The topological polar surface area (TPSA) is 77.3 Å². The maximum Gasteiger partial charge on any atom is 0.361 e. The molecule has 1 saturated carbocycles. The van der Waals surface area contributed by atoms with Gasteiger partial charge in [-0.05, 0) is 50.7 Å². The van der Waals surface area contributed by atoms with Crippen molar-refractivity contribution < 1.29 is 14.3 Å².